The van der Waals surface area contributed by atoms with E-state index >= 15 is 0 Å². The number of carbonyl (C=O) groups excluding carboxylic acids is 1. The molecule has 1 aliphatic rings. The Balaban J connectivity index is 0.000000232. The zero-order valence-corrected chi connectivity index (χ0v) is 11.7. The van der Waals surface area contributed by atoms with Crippen molar-refractivity contribution in [1.29, 1.82) is 0 Å². The molecular weight excluding hydrogens is 256 g/mol. The van der Waals surface area contributed by atoms with Gasteiger partial charge in [0.1, 0.15) is 0 Å². The molecule has 0 atom stereocenters. The summed E-state index contributed by atoms with van der Waals surface area (Å²) >= 11 is 1.88. The van der Waals surface area contributed by atoms with Crippen LogP contribution in [-0.2, 0) is 16.0 Å². The molecule has 0 amide bonds. The van der Waals surface area contributed by atoms with Crippen LogP contribution in [0.1, 0.15) is 18.1 Å². The lowest BCUT2D eigenvalue weighted by atomic mass is 10.0. The Kier molecular flexibility index (Phi) is 5.04. The summed E-state index contributed by atoms with van der Waals surface area (Å²) in [6.45, 7) is 2.66. The Bertz CT molecular complexity index is 464. The van der Waals surface area contributed by atoms with Crippen LogP contribution in [0.4, 0.5) is 0 Å². The highest BCUT2D eigenvalue weighted by Gasteiger charge is 2.13. The average Bonchev–Trinajstić information content (AvgIpc) is 2.46. The summed E-state index contributed by atoms with van der Waals surface area (Å²) in [7, 11) is 0. The monoisotopic (exact) mass is 272 g/mol. The first-order chi connectivity index (χ1) is 9.35. The molecule has 0 spiro atoms. The van der Waals surface area contributed by atoms with Crippen LogP contribution in [-0.4, -0.2) is 13.1 Å². The molecule has 0 radical (unpaired) electrons. The van der Waals surface area contributed by atoms with Gasteiger partial charge >= 0.3 is 0 Å². The van der Waals surface area contributed by atoms with Gasteiger partial charge < -0.3 is 4.74 Å². The molecule has 0 unspecified atom stereocenters. The SMILES string of the molecule is CCOC=O.c1ccc2c(c1)Cc1ccccc1S2. The van der Waals surface area contributed by atoms with Crippen molar-refractivity contribution < 1.29 is 9.53 Å². The number of rotatable bonds is 2. The van der Waals surface area contributed by atoms with Crippen molar-refractivity contribution in [3.63, 3.8) is 0 Å². The van der Waals surface area contributed by atoms with E-state index in [0.717, 1.165) is 6.42 Å². The maximum Gasteiger partial charge on any atom is 0.293 e. The number of fused-ring (bicyclic) bond motifs is 2. The number of ether oxygens (including phenoxy) is 1. The van der Waals surface area contributed by atoms with Gasteiger partial charge in [-0.25, -0.2) is 0 Å². The Hall–Kier alpha value is -1.74. The summed E-state index contributed by atoms with van der Waals surface area (Å²) < 4.78 is 4.15. The van der Waals surface area contributed by atoms with Crippen LogP contribution >= 0.6 is 11.8 Å². The quantitative estimate of drug-likeness (QED) is 0.661. The molecule has 1 heterocycles. The average molecular weight is 272 g/mol. The van der Waals surface area contributed by atoms with Crippen molar-refractivity contribution in [1.82, 2.24) is 0 Å². The fraction of sp³-hybridized carbons (Fsp3) is 0.188. The van der Waals surface area contributed by atoms with E-state index < -0.39 is 0 Å². The van der Waals surface area contributed by atoms with Crippen molar-refractivity contribution in [2.24, 2.45) is 0 Å². The Morgan fingerprint density at radius 3 is 2.00 bits per heavy atom. The largest absolute Gasteiger partial charge is 0.468 e. The topological polar surface area (TPSA) is 26.3 Å². The van der Waals surface area contributed by atoms with Crippen LogP contribution in [0.25, 0.3) is 0 Å². The molecule has 2 nitrogen and oxygen atoms in total. The van der Waals surface area contributed by atoms with E-state index in [1.54, 1.807) is 6.92 Å². The molecule has 19 heavy (non-hydrogen) atoms. The molecule has 0 N–H and O–H groups in total. The minimum absolute atomic E-state index is 0.431. The third-order valence-corrected chi connectivity index (χ3v) is 4.02. The molecule has 1 aliphatic heterocycles. The molecule has 2 aromatic rings. The zero-order valence-electron chi connectivity index (χ0n) is 10.8. The highest BCUT2D eigenvalue weighted by atomic mass is 32.2. The molecule has 3 heteroatoms. The molecule has 0 aromatic heterocycles. The van der Waals surface area contributed by atoms with Gasteiger partial charge in [0, 0.05) is 9.79 Å². The first-order valence-electron chi connectivity index (χ1n) is 6.24. The normalized spacial score (nSPS) is 11.4. The standard InChI is InChI=1S/C13H10S.C3H6O2/c1-3-7-12-10(5-1)9-11-6-2-4-8-13(11)14-12;1-2-5-3-4/h1-8H,9H2;3H,2H2,1H3. The summed E-state index contributed by atoms with van der Waals surface area (Å²) in [6, 6.07) is 17.3. The molecule has 0 aliphatic carbocycles. The van der Waals surface area contributed by atoms with E-state index in [-0.39, 0.29) is 0 Å². The van der Waals surface area contributed by atoms with Gasteiger partial charge in [-0.3, -0.25) is 4.79 Å². The summed E-state index contributed by atoms with van der Waals surface area (Å²) in [5.74, 6) is 0. The van der Waals surface area contributed by atoms with Gasteiger partial charge in [0.2, 0.25) is 0 Å². The van der Waals surface area contributed by atoms with Gasteiger partial charge in [-0.05, 0) is 36.6 Å². The predicted molar refractivity (Wildman–Crippen MR) is 77.5 cm³/mol. The van der Waals surface area contributed by atoms with Gasteiger partial charge in [0.05, 0.1) is 6.61 Å². The second-order valence-electron chi connectivity index (χ2n) is 4.05. The van der Waals surface area contributed by atoms with Crippen molar-refractivity contribution in [3.05, 3.63) is 59.7 Å². The van der Waals surface area contributed by atoms with Crippen molar-refractivity contribution in [2.75, 3.05) is 6.61 Å². The van der Waals surface area contributed by atoms with Gasteiger partial charge in [-0.15, -0.1) is 0 Å². The molecule has 2 aromatic carbocycles. The van der Waals surface area contributed by atoms with Gasteiger partial charge in [0.25, 0.3) is 6.47 Å². The lowest BCUT2D eigenvalue weighted by Crippen LogP contribution is -1.98. The highest BCUT2D eigenvalue weighted by molar-refractivity contribution is 7.99. The van der Waals surface area contributed by atoms with E-state index in [9.17, 15) is 4.79 Å². The smallest absolute Gasteiger partial charge is 0.293 e. The number of carbonyl (C=O) groups is 1. The van der Waals surface area contributed by atoms with Crippen LogP contribution < -0.4 is 0 Å². The number of hydrogen-bond donors (Lipinski definition) is 0. The van der Waals surface area contributed by atoms with E-state index in [2.05, 4.69) is 53.3 Å². The minimum Gasteiger partial charge on any atom is -0.468 e. The maximum absolute atomic E-state index is 9.18. The van der Waals surface area contributed by atoms with Gasteiger partial charge in [-0.2, -0.15) is 0 Å². The van der Waals surface area contributed by atoms with Crippen LogP contribution in [0.2, 0.25) is 0 Å². The van der Waals surface area contributed by atoms with Crippen molar-refractivity contribution in [2.45, 2.75) is 23.1 Å². The number of hydrogen-bond acceptors (Lipinski definition) is 3. The first-order valence-corrected chi connectivity index (χ1v) is 7.05. The first kappa shape index (κ1) is 13.7. The van der Waals surface area contributed by atoms with E-state index in [1.165, 1.54) is 20.9 Å². The van der Waals surface area contributed by atoms with Crippen LogP contribution in [0.5, 0.6) is 0 Å². The molecule has 3 rings (SSSR count). The summed E-state index contributed by atoms with van der Waals surface area (Å²) in [6.07, 6.45) is 1.08. The third-order valence-electron chi connectivity index (χ3n) is 2.78. The molecule has 0 saturated heterocycles. The fourth-order valence-corrected chi connectivity index (χ4v) is 2.96. The predicted octanol–water partition coefficient (Wildman–Crippen LogP) is 3.92. The second kappa shape index (κ2) is 7.00. The molecule has 0 bridgehead atoms. The Morgan fingerprint density at radius 2 is 1.58 bits per heavy atom. The van der Waals surface area contributed by atoms with Crippen molar-refractivity contribution in [3.8, 4) is 0 Å². The molecule has 98 valence electrons. The zero-order chi connectivity index (χ0) is 13.5. The van der Waals surface area contributed by atoms with Crippen LogP contribution in [0, 0.1) is 0 Å². The Labute approximate surface area is 117 Å². The number of benzene rings is 2. The van der Waals surface area contributed by atoms with Crippen molar-refractivity contribution >= 4 is 18.2 Å². The van der Waals surface area contributed by atoms with E-state index in [0.29, 0.717) is 13.1 Å². The summed E-state index contributed by atoms with van der Waals surface area (Å²) in [5, 5.41) is 0. The molecule has 0 saturated carbocycles. The molecular formula is C16H16O2S. The van der Waals surface area contributed by atoms with Crippen LogP contribution in [0.15, 0.2) is 58.3 Å². The lowest BCUT2D eigenvalue weighted by Gasteiger charge is -2.17. The van der Waals surface area contributed by atoms with Gasteiger partial charge in [0.15, 0.2) is 0 Å². The Morgan fingerprint density at radius 1 is 1.05 bits per heavy atom. The van der Waals surface area contributed by atoms with E-state index in [4.69, 9.17) is 0 Å². The summed E-state index contributed by atoms with van der Waals surface area (Å²) in [4.78, 5) is 12.0. The third kappa shape index (κ3) is 3.61. The summed E-state index contributed by atoms with van der Waals surface area (Å²) in [5.41, 5.74) is 2.91. The van der Waals surface area contributed by atoms with Crippen LogP contribution in [0.3, 0.4) is 0 Å². The van der Waals surface area contributed by atoms with Gasteiger partial charge in [-0.1, -0.05) is 48.2 Å². The highest BCUT2D eigenvalue weighted by Crippen LogP contribution is 2.38. The lowest BCUT2D eigenvalue weighted by molar-refractivity contribution is -0.128. The second-order valence-corrected chi connectivity index (χ2v) is 5.13. The molecule has 0 fully saturated rings. The maximum atomic E-state index is 9.18. The minimum atomic E-state index is 0.431. The van der Waals surface area contributed by atoms with E-state index in [1.807, 2.05) is 11.8 Å². The fourth-order valence-electron chi connectivity index (χ4n) is 1.89.